The predicted molar refractivity (Wildman–Crippen MR) is 61.0 cm³/mol. The lowest BCUT2D eigenvalue weighted by Gasteiger charge is -2.01. The molecule has 1 aromatic rings. The molecule has 0 heterocycles. The Morgan fingerprint density at radius 2 is 2.31 bits per heavy atom. The van der Waals surface area contributed by atoms with E-state index < -0.39 is 11.8 Å². The van der Waals surface area contributed by atoms with E-state index >= 15 is 0 Å². The van der Waals surface area contributed by atoms with Gasteiger partial charge in [0, 0.05) is 5.02 Å². The van der Waals surface area contributed by atoms with Crippen LogP contribution in [0.2, 0.25) is 5.02 Å². The molecule has 3 nitrogen and oxygen atoms in total. The number of hydrogen-bond acceptors (Lipinski definition) is 3. The molecule has 0 saturated carbocycles. The van der Waals surface area contributed by atoms with Gasteiger partial charge in [-0.25, -0.2) is 9.18 Å². The lowest BCUT2D eigenvalue weighted by molar-refractivity contribution is -0.136. The van der Waals surface area contributed by atoms with Crippen LogP contribution in [0.25, 0.3) is 6.08 Å². The molecule has 0 unspecified atom stereocenters. The molecular formula is C11H9ClFNO2. The minimum Gasteiger partial charge on any atom is -0.464 e. The first-order valence-electron chi connectivity index (χ1n) is 4.30. The molecule has 0 aliphatic rings. The zero-order valence-corrected chi connectivity index (χ0v) is 9.29. The fourth-order valence-electron chi connectivity index (χ4n) is 1.05. The molecule has 0 bridgehead atoms. The number of rotatable bonds is 3. The van der Waals surface area contributed by atoms with Gasteiger partial charge in [-0.2, -0.15) is 0 Å². The van der Waals surface area contributed by atoms with Crippen LogP contribution in [0, 0.1) is 5.82 Å². The Balaban J connectivity index is 3.18. The van der Waals surface area contributed by atoms with E-state index in [2.05, 4.69) is 16.4 Å². The molecule has 0 saturated heterocycles. The Bertz CT molecular complexity index is 457. The van der Waals surface area contributed by atoms with Crippen molar-refractivity contribution in [2.24, 2.45) is 4.99 Å². The number of benzene rings is 1. The highest BCUT2D eigenvalue weighted by molar-refractivity contribution is 6.32. The zero-order chi connectivity index (χ0) is 12.1. The highest BCUT2D eigenvalue weighted by Gasteiger charge is 2.08. The Hall–Kier alpha value is -1.68. The molecule has 0 spiro atoms. The number of ether oxygens (including phenoxy) is 1. The van der Waals surface area contributed by atoms with Gasteiger partial charge in [0.05, 0.1) is 7.11 Å². The number of halogens is 2. The molecule has 0 radical (unpaired) electrons. The molecule has 0 amide bonds. The molecule has 0 aliphatic carbocycles. The summed E-state index contributed by atoms with van der Waals surface area (Å²) in [4.78, 5) is 14.7. The summed E-state index contributed by atoms with van der Waals surface area (Å²) in [5.74, 6) is -1.11. The van der Waals surface area contributed by atoms with Crippen LogP contribution in [0.1, 0.15) is 5.56 Å². The second kappa shape index (κ2) is 5.42. The normalized spacial score (nSPS) is 11.1. The lowest BCUT2D eigenvalue weighted by atomic mass is 10.2. The van der Waals surface area contributed by atoms with Crippen LogP contribution < -0.4 is 0 Å². The molecule has 1 aromatic carbocycles. The van der Waals surface area contributed by atoms with Gasteiger partial charge in [-0.3, -0.25) is 4.99 Å². The number of carbonyl (C=O) groups is 1. The SMILES string of the molecule is C=N/C(=C\c1cc(F)ccc1Cl)C(=O)OC. The Kier molecular flexibility index (Phi) is 4.19. The van der Waals surface area contributed by atoms with E-state index in [4.69, 9.17) is 11.6 Å². The molecule has 0 N–H and O–H groups in total. The first-order valence-corrected chi connectivity index (χ1v) is 4.68. The minimum absolute atomic E-state index is 0.0324. The van der Waals surface area contributed by atoms with E-state index in [9.17, 15) is 9.18 Å². The average Bonchev–Trinajstić information content (AvgIpc) is 2.29. The molecule has 0 aromatic heterocycles. The van der Waals surface area contributed by atoms with Crippen LogP contribution in [0.5, 0.6) is 0 Å². The van der Waals surface area contributed by atoms with Crippen molar-refractivity contribution in [3.8, 4) is 0 Å². The van der Waals surface area contributed by atoms with Crippen molar-refractivity contribution in [2.45, 2.75) is 0 Å². The third-order valence-corrected chi connectivity index (χ3v) is 2.16. The maximum Gasteiger partial charge on any atom is 0.356 e. The van der Waals surface area contributed by atoms with Gasteiger partial charge >= 0.3 is 5.97 Å². The van der Waals surface area contributed by atoms with Crippen molar-refractivity contribution in [3.63, 3.8) is 0 Å². The predicted octanol–water partition coefficient (Wildman–Crippen LogP) is 2.69. The van der Waals surface area contributed by atoms with Crippen LogP contribution in [-0.4, -0.2) is 19.8 Å². The topological polar surface area (TPSA) is 38.7 Å². The third-order valence-electron chi connectivity index (χ3n) is 1.82. The second-order valence-electron chi connectivity index (χ2n) is 2.85. The minimum atomic E-state index is -0.657. The van der Waals surface area contributed by atoms with E-state index in [1.165, 1.54) is 31.4 Å². The largest absolute Gasteiger partial charge is 0.464 e. The van der Waals surface area contributed by atoms with Crippen LogP contribution in [0.3, 0.4) is 0 Å². The summed E-state index contributed by atoms with van der Waals surface area (Å²) in [5, 5.41) is 0.312. The summed E-state index contributed by atoms with van der Waals surface area (Å²) in [5.41, 5.74) is 0.310. The van der Waals surface area contributed by atoms with Crippen molar-refractivity contribution < 1.29 is 13.9 Å². The molecule has 1 rings (SSSR count). The van der Waals surface area contributed by atoms with Crippen LogP contribution in [-0.2, 0) is 9.53 Å². The van der Waals surface area contributed by atoms with Gasteiger partial charge in [-0.15, -0.1) is 0 Å². The highest BCUT2D eigenvalue weighted by atomic mass is 35.5. The first kappa shape index (κ1) is 12.4. The second-order valence-corrected chi connectivity index (χ2v) is 3.25. The first-order chi connectivity index (χ1) is 7.58. The van der Waals surface area contributed by atoms with Crippen molar-refractivity contribution in [1.29, 1.82) is 0 Å². The maximum absolute atomic E-state index is 12.9. The summed E-state index contributed by atoms with van der Waals surface area (Å²) >= 11 is 5.82. The third kappa shape index (κ3) is 2.90. The molecular weight excluding hydrogens is 233 g/mol. The summed E-state index contributed by atoms with van der Waals surface area (Å²) < 4.78 is 17.4. The number of esters is 1. The Morgan fingerprint density at radius 1 is 1.62 bits per heavy atom. The van der Waals surface area contributed by atoms with Gasteiger partial charge < -0.3 is 4.74 Å². The fourth-order valence-corrected chi connectivity index (χ4v) is 1.22. The zero-order valence-electron chi connectivity index (χ0n) is 8.54. The summed E-state index contributed by atoms with van der Waals surface area (Å²) in [6.07, 6.45) is 1.31. The Labute approximate surface area is 97.2 Å². The van der Waals surface area contributed by atoms with Crippen LogP contribution >= 0.6 is 11.6 Å². The molecule has 5 heteroatoms. The van der Waals surface area contributed by atoms with Gasteiger partial charge in [0.2, 0.25) is 0 Å². The Morgan fingerprint density at radius 3 is 2.88 bits per heavy atom. The van der Waals surface area contributed by atoms with Crippen molar-refractivity contribution in [2.75, 3.05) is 7.11 Å². The van der Waals surface area contributed by atoms with Gasteiger partial charge in [0.25, 0.3) is 0 Å². The van der Waals surface area contributed by atoms with E-state index in [0.29, 0.717) is 10.6 Å². The van der Waals surface area contributed by atoms with Gasteiger partial charge in [-0.05, 0) is 36.6 Å². The van der Waals surface area contributed by atoms with Gasteiger partial charge in [0.15, 0.2) is 0 Å². The summed E-state index contributed by atoms with van der Waals surface area (Å²) in [7, 11) is 1.22. The quantitative estimate of drug-likeness (QED) is 0.464. The van der Waals surface area contributed by atoms with E-state index in [1.807, 2.05) is 0 Å². The molecule has 0 aliphatic heterocycles. The maximum atomic E-state index is 12.9. The van der Waals surface area contributed by atoms with E-state index in [1.54, 1.807) is 0 Å². The molecule has 0 atom stereocenters. The number of hydrogen-bond donors (Lipinski definition) is 0. The van der Waals surface area contributed by atoms with Crippen LogP contribution in [0.15, 0.2) is 28.9 Å². The molecule has 0 fully saturated rings. The van der Waals surface area contributed by atoms with Crippen molar-refractivity contribution >= 4 is 30.4 Å². The highest BCUT2D eigenvalue weighted by Crippen LogP contribution is 2.20. The number of aliphatic imine (C=N–C) groups is 1. The number of carbonyl (C=O) groups excluding carboxylic acids is 1. The van der Waals surface area contributed by atoms with Crippen molar-refractivity contribution in [3.05, 3.63) is 40.3 Å². The average molecular weight is 242 g/mol. The smallest absolute Gasteiger partial charge is 0.356 e. The fraction of sp³-hybridized carbons (Fsp3) is 0.0909. The lowest BCUT2D eigenvalue weighted by Crippen LogP contribution is -2.02. The van der Waals surface area contributed by atoms with Crippen LogP contribution in [0.4, 0.5) is 4.39 Å². The van der Waals surface area contributed by atoms with Crippen molar-refractivity contribution in [1.82, 2.24) is 0 Å². The monoisotopic (exact) mass is 241 g/mol. The summed E-state index contributed by atoms with van der Waals surface area (Å²) in [6, 6.07) is 3.80. The standard InChI is InChI=1S/C11H9ClFNO2/c1-14-10(11(15)16-2)6-7-5-8(13)3-4-9(7)12/h3-6H,1H2,2H3/b10-6-. The van der Waals surface area contributed by atoms with E-state index in [0.717, 1.165) is 0 Å². The van der Waals surface area contributed by atoms with Gasteiger partial charge in [0.1, 0.15) is 11.5 Å². The summed E-state index contributed by atoms with van der Waals surface area (Å²) in [6.45, 7) is 3.22. The van der Waals surface area contributed by atoms with E-state index in [-0.39, 0.29) is 5.70 Å². The molecule has 84 valence electrons. The number of nitrogens with zero attached hydrogens (tertiary/aromatic N) is 1. The number of methoxy groups -OCH3 is 1. The van der Waals surface area contributed by atoms with Gasteiger partial charge in [-0.1, -0.05) is 11.6 Å². The molecule has 16 heavy (non-hydrogen) atoms.